The van der Waals surface area contributed by atoms with E-state index in [0.717, 1.165) is 10.9 Å². The third-order valence-electron chi connectivity index (χ3n) is 4.58. The molecular weight excluding hydrogens is 445 g/mol. The van der Waals surface area contributed by atoms with Crippen molar-refractivity contribution < 1.29 is 9.53 Å². The van der Waals surface area contributed by atoms with E-state index in [-0.39, 0.29) is 5.97 Å². The summed E-state index contributed by atoms with van der Waals surface area (Å²) in [6, 6.07) is 4.65. The zero-order chi connectivity index (χ0) is 21.2. The number of esters is 1. The fourth-order valence-corrected chi connectivity index (χ4v) is 10.3. The molecule has 3 aromatic rings. The van der Waals surface area contributed by atoms with Gasteiger partial charge in [-0.25, -0.2) is 34.9 Å². The number of benzene rings is 1. The van der Waals surface area contributed by atoms with Gasteiger partial charge in [-0.05, 0) is 68.4 Å². The van der Waals surface area contributed by atoms with Crippen LogP contribution in [0.3, 0.4) is 0 Å². The van der Waals surface area contributed by atoms with E-state index < -0.39 is 30.1 Å². The van der Waals surface area contributed by atoms with Crippen molar-refractivity contribution in [3.8, 4) is 0 Å². The summed E-state index contributed by atoms with van der Waals surface area (Å²) in [5, 5.41) is 2.37. The van der Waals surface area contributed by atoms with Gasteiger partial charge in [0.25, 0.3) is 0 Å². The van der Waals surface area contributed by atoms with Gasteiger partial charge in [-0.3, -0.25) is 0 Å². The van der Waals surface area contributed by atoms with Gasteiger partial charge in [0.2, 0.25) is 0 Å². The minimum Gasteiger partial charge on any atom is -0.465 e. The first-order chi connectivity index (χ1) is 12.7. The lowest BCUT2D eigenvalue weighted by Crippen LogP contribution is -2.08. The van der Waals surface area contributed by atoms with Crippen molar-refractivity contribution in [3.63, 3.8) is 0 Å². The van der Waals surface area contributed by atoms with E-state index in [0.29, 0.717) is 0 Å². The number of methoxy groups -OCH3 is 1. The van der Waals surface area contributed by atoms with Crippen LogP contribution in [0, 0.1) is 0 Å². The Hall–Kier alpha value is -0.340. The molecule has 2 nitrogen and oxygen atoms in total. The first kappa shape index (κ1) is 22.3. The van der Waals surface area contributed by atoms with E-state index in [2.05, 4.69) is 68.4 Å². The third kappa shape index (κ3) is 3.85. The summed E-state index contributed by atoms with van der Waals surface area (Å²) in [4.78, 5) is 14.2. The van der Waals surface area contributed by atoms with Crippen molar-refractivity contribution in [3.05, 3.63) is 17.7 Å². The summed E-state index contributed by atoms with van der Waals surface area (Å²) in [5.41, 5.74) is 0.798. The van der Waals surface area contributed by atoms with Gasteiger partial charge in [-0.1, -0.05) is 0 Å². The van der Waals surface area contributed by atoms with Gasteiger partial charge < -0.3 is 4.74 Å². The SMILES string of the molecule is COC(=O)c1c(S(C)(C)C)c2cc(S(C)(C)C)sc2c2sc(S(C)(C)C)cc12. The second kappa shape index (κ2) is 7.12. The first-order valence-corrected chi connectivity index (χ1v) is 19.0. The van der Waals surface area contributed by atoms with Crippen molar-refractivity contribution in [2.45, 2.75) is 13.3 Å². The number of fused-ring (bicyclic) bond motifs is 3. The lowest BCUT2D eigenvalue weighted by Gasteiger charge is -2.29. The highest BCUT2D eigenvalue weighted by molar-refractivity contribution is 8.33. The molecule has 0 saturated carbocycles. The lowest BCUT2D eigenvalue weighted by atomic mass is 10.1. The fraction of sp³-hybridized carbons (Fsp3) is 0.476. The predicted octanol–water partition coefficient (Wildman–Crippen LogP) is 7.06. The molecule has 28 heavy (non-hydrogen) atoms. The van der Waals surface area contributed by atoms with E-state index in [9.17, 15) is 4.79 Å². The Morgan fingerprint density at radius 1 is 0.750 bits per heavy atom. The Labute approximate surface area is 182 Å². The van der Waals surface area contributed by atoms with Crippen LogP contribution in [0.2, 0.25) is 0 Å². The van der Waals surface area contributed by atoms with E-state index in [4.69, 9.17) is 4.74 Å². The van der Waals surface area contributed by atoms with Gasteiger partial charge in [0, 0.05) is 24.1 Å². The molecule has 0 bridgehead atoms. The molecule has 0 aliphatic rings. The molecule has 0 spiro atoms. The summed E-state index contributed by atoms with van der Waals surface area (Å²) in [6.07, 6.45) is 20.8. The maximum atomic E-state index is 13.0. The Morgan fingerprint density at radius 2 is 1.18 bits per heavy atom. The molecule has 158 valence electrons. The molecule has 0 N–H and O–H groups in total. The van der Waals surface area contributed by atoms with Gasteiger partial charge in [0.05, 0.1) is 22.1 Å². The molecule has 0 radical (unpaired) electrons. The van der Waals surface area contributed by atoms with Crippen LogP contribution >= 0.6 is 52.8 Å². The van der Waals surface area contributed by atoms with Gasteiger partial charge in [0.15, 0.2) is 0 Å². The Morgan fingerprint density at radius 3 is 1.57 bits per heavy atom. The highest BCUT2D eigenvalue weighted by Gasteiger charge is 2.30. The maximum absolute atomic E-state index is 13.0. The van der Waals surface area contributed by atoms with E-state index >= 15 is 0 Å². The lowest BCUT2D eigenvalue weighted by molar-refractivity contribution is 0.0599. The highest BCUT2D eigenvalue weighted by atomic mass is 32.3. The number of hydrogen-bond acceptors (Lipinski definition) is 4. The topological polar surface area (TPSA) is 26.3 Å². The molecule has 2 heterocycles. The highest BCUT2D eigenvalue weighted by Crippen LogP contribution is 2.60. The normalized spacial score (nSPS) is 15.2. The molecule has 0 saturated heterocycles. The molecular formula is C21H32O2S5. The number of thiophene rings is 2. The predicted molar refractivity (Wildman–Crippen MR) is 139 cm³/mol. The van der Waals surface area contributed by atoms with Crippen molar-refractivity contribution in [1.29, 1.82) is 0 Å². The van der Waals surface area contributed by atoms with Crippen LogP contribution in [-0.2, 0) is 4.74 Å². The molecule has 0 aliphatic heterocycles. The van der Waals surface area contributed by atoms with Crippen LogP contribution in [0.4, 0.5) is 0 Å². The van der Waals surface area contributed by atoms with Crippen LogP contribution in [0.15, 0.2) is 25.4 Å². The Kier molecular flexibility index (Phi) is 5.68. The second-order valence-electron chi connectivity index (χ2n) is 9.32. The van der Waals surface area contributed by atoms with Gasteiger partial charge in [0.1, 0.15) is 0 Å². The number of rotatable bonds is 4. The summed E-state index contributed by atoms with van der Waals surface area (Å²) in [5.74, 6) is -0.201. The standard InChI is InChI=1S/C21H32O2S5/c1-23-21(22)17-13-11-15(26(2,3)4)24-18(13)19-14(20(17)28(8,9)10)12-16(25-19)27(5,6)7/h11-12H,1-10H3. The third-order valence-corrected chi connectivity index (χ3v) is 14.4. The summed E-state index contributed by atoms with van der Waals surface area (Å²) >= 11 is 3.81. The molecule has 3 rings (SSSR count). The minimum atomic E-state index is -1.14. The van der Waals surface area contributed by atoms with E-state index in [1.54, 1.807) is 0 Å². The monoisotopic (exact) mass is 476 g/mol. The largest absolute Gasteiger partial charge is 0.465 e. The van der Waals surface area contributed by atoms with Crippen molar-refractivity contribution >= 4 is 78.9 Å². The van der Waals surface area contributed by atoms with Gasteiger partial charge >= 0.3 is 5.97 Å². The zero-order valence-electron chi connectivity index (χ0n) is 18.5. The molecule has 7 heteroatoms. The Bertz CT molecular complexity index is 1070. The van der Waals surface area contributed by atoms with Crippen LogP contribution < -0.4 is 0 Å². The average molecular weight is 477 g/mol. The van der Waals surface area contributed by atoms with Crippen LogP contribution in [-0.4, -0.2) is 69.4 Å². The minimum absolute atomic E-state index is 0.201. The molecule has 1 aromatic carbocycles. The first-order valence-electron chi connectivity index (χ1n) is 8.82. The Balaban J connectivity index is 2.61. The number of ether oxygens (including phenoxy) is 1. The van der Waals surface area contributed by atoms with Gasteiger partial charge in [-0.15, -0.1) is 22.7 Å². The van der Waals surface area contributed by atoms with Crippen molar-refractivity contribution in [2.24, 2.45) is 0 Å². The van der Waals surface area contributed by atoms with E-state index in [1.165, 1.54) is 35.2 Å². The number of carbonyl (C=O) groups excluding carboxylic acids is 1. The van der Waals surface area contributed by atoms with Crippen molar-refractivity contribution in [2.75, 3.05) is 63.4 Å². The molecule has 0 atom stereocenters. The molecule has 0 fully saturated rings. The molecule has 0 aliphatic carbocycles. The van der Waals surface area contributed by atoms with Crippen LogP contribution in [0.1, 0.15) is 10.4 Å². The van der Waals surface area contributed by atoms with Crippen molar-refractivity contribution in [1.82, 2.24) is 0 Å². The zero-order valence-corrected chi connectivity index (χ0v) is 22.6. The molecule has 0 unspecified atom stereocenters. The van der Waals surface area contributed by atoms with Crippen LogP contribution in [0.25, 0.3) is 20.2 Å². The summed E-state index contributed by atoms with van der Waals surface area (Å²) in [7, 11) is -1.34. The molecule has 2 aromatic heterocycles. The number of hydrogen-bond donors (Lipinski definition) is 0. The quantitative estimate of drug-likeness (QED) is 0.377. The van der Waals surface area contributed by atoms with E-state index in [1.807, 2.05) is 22.7 Å². The van der Waals surface area contributed by atoms with Gasteiger partial charge in [-0.2, -0.15) is 0 Å². The smallest absolute Gasteiger partial charge is 0.339 e. The molecule has 0 amide bonds. The summed E-state index contributed by atoms with van der Waals surface area (Å²) < 4.78 is 10.8. The number of carbonyl (C=O) groups is 1. The fourth-order valence-electron chi connectivity index (χ4n) is 3.23. The average Bonchev–Trinajstić information content (AvgIpc) is 3.14. The second-order valence-corrected chi connectivity index (χ2v) is 24.3. The summed E-state index contributed by atoms with van der Waals surface area (Å²) in [6.45, 7) is 0. The maximum Gasteiger partial charge on any atom is 0.339 e. The van der Waals surface area contributed by atoms with Crippen LogP contribution in [0.5, 0.6) is 0 Å².